The molecule has 0 aliphatic carbocycles. The number of ether oxygens (including phenoxy) is 1. The standard InChI is InChI=1S/C20H25N3O2/c1-4-16-5-7-17(8-6-16)15-21-22-20(24)18-9-11-19(12-10-18)25-14-13-23(2)3/h5-12,15H,4,13-14H2,1-3H3,(H,22,24)/b21-15+. The van der Waals surface area contributed by atoms with Crippen LogP contribution in [-0.2, 0) is 6.42 Å². The van der Waals surface area contributed by atoms with Crippen molar-refractivity contribution in [1.29, 1.82) is 0 Å². The van der Waals surface area contributed by atoms with E-state index in [-0.39, 0.29) is 5.91 Å². The lowest BCUT2D eigenvalue weighted by Gasteiger charge is -2.11. The Morgan fingerprint density at radius 2 is 1.80 bits per heavy atom. The summed E-state index contributed by atoms with van der Waals surface area (Å²) in [6.07, 6.45) is 2.64. The van der Waals surface area contributed by atoms with Gasteiger partial charge in [-0.05, 0) is 55.9 Å². The number of hydrogen-bond acceptors (Lipinski definition) is 4. The first-order valence-corrected chi connectivity index (χ1v) is 8.38. The van der Waals surface area contributed by atoms with E-state index in [9.17, 15) is 4.79 Å². The molecule has 0 aromatic heterocycles. The van der Waals surface area contributed by atoms with E-state index < -0.39 is 0 Å². The van der Waals surface area contributed by atoms with E-state index in [4.69, 9.17) is 4.74 Å². The van der Waals surface area contributed by atoms with E-state index in [1.165, 1.54) is 5.56 Å². The van der Waals surface area contributed by atoms with Gasteiger partial charge in [0.25, 0.3) is 5.91 Å². The summed E-state index contributed by atoms with van der Waals surface area (Å²) in [6.45, 7) is 3.57. The number of hydrazone groups is 1. The van der Waals surface area contributed by atoms with Crippen molar-refractivity contribution in [2.45, 2.75) is 13.3 Å². The number of carbonyl (C=O) groups excluding carboxylic acids is 1. The number of amides is 1. The second-order valence-electron chi connectivity index (χ2n) is 5.97. The van der Waals surface area contributed by atoms with Gasteiger partial charge in [0.1, 0.15) is 12.4 Å². The topological polar surface area (TPSA) is 53.9 Å². The molecule has 132 valence electrons. The molecule has 1 amide bonds. The van der Waals surface area contributed by atoms with Crippen LogP contribution in [0.25, 0.3) is 0 Å². The molecule has 0 unspecified atom stereocenters. The predicted molar refractivity (Wildman–Crippen MR) is 101 cm³/mol. The number of likely N-dealkylation sites (N-methyl/N-ethyl adjacent to an activating group) is 1. The fourth-order valence-electron chi connectivity index (χ4n) is 2.12. The number of aryl methyl sites for hydroxylation is 1. The molecule has 0 saturated heterocycles. The molecular weight excluding hydrogens is 314 g/mol. The first kappa shape index (κ1) is 18.7. The quantitative estimate of drug-likeness (QED) is 0.594. The molecule has 2 aromatic rings. The van der Waals surface area contributed by atoms with Crippen LogP contribution in [0.5, 0.6) is 5.75 Å². The maximum absolute atomic E-state index is 12.1. The molecule has 0 fully saturated rings. The van der Waals surface area contributed by atoms with Gasteiger partial charge in [-0.2, -0.15) is 5.10 Å². The van der Waals surface area contributed by atoms with Crippen LogP contribution < -0.4 is 10.2 Å². The van der Waals surface area contributed by atoms with Crippen LogP contribution in [-0.4, -0.2) is 44.3 Å². The van der Waals surface area contributed by atoms with Gasteiger partial charge < -0.3 is 9.64 Å². The maximum Gasteiger partial charge on any atom is 0.271 e. The van der Waals surface area contributed by atoms with Gasteiger partial charge in [0.2, 0.25) is 0 Å². The van der Waals surface area contributed by atoms with E-state index in [0.717, 1.165) is 24.3 Å². The molecule has 0 bridgehead atoms. The minimum absolute atomic E-state index is 0.249. The first-order valence-electron chi connectivity index (χ1n) is 8.38. The largest absolute Gasteiger partial charge is 0.492 e. The van der Waals surface area contributed by atoms with Crippen LogP contribution >= 0.6 is 0 Å². The third kappa shape index (κ3) is 6.39. The number of rotatable bonds is 8. The molecule has 0 saturated carbocycles. The van der Waals surface area contributed by atoms with Crippen molar-refractivity contribution in [2.75, 3.05) is 27.2 Å². The van der Waals surface area contributed by atoms with Gasteiger partial charge in [-0.1, -0.05) is 31.2 Å². The van der Waals surface area contributed by atoms with Crippen molar-refractivity contribution in [3.8, 4) is 5.75 Å². The number of nitrogens with one attached hydrogen (secondary N) is 1. The zero-order chi connectivity index (χ0) is 18.1. The highest BCUT2D eigenvalue weighted by Gasteiger charge is 2.04. The summed E-state index contributed by atoms with van der Waals surface area (Å²) in [7, 11) is 3.99. The highest BCUT2D eigenvalue weighted by atomic mass is 16.5. The number of benzene rings is 2. The van der Waals surface area contributed by atoms with Crippen LogP contribution in [0.15, 0.2) is 53.6 Å². The molecule has 2 rings (SSSR count). The molecule has 5 nitrogen and oxygen atoms in total. The lowest BCUT2D eigenvalue weighted by molar-refractivity contribution is 0.0955. The average molecular weight is 339 g/mol. The second kappa shape index (κ2) is 9.59. The van der Waals surface area contributed by atoms with Gasteiger partial charge in [-0.15, -0.1) is 0 Å². The van der Waals surface area contributed by atoms with Crippen LogP contribution in [0.3, 0.4) is 0 Å². The molecule has 0 spiro atoms. The normalized spacial score (nSPS) is 11.0. The van der Waals surface area contributed by atoms with Crippen molar-refractivity contribution in [2.24, 2.45) is 5.10 Å². The molecule has 1 N–H and O–H groups in total. The third-order valence-corrected chi connectivity index (χ3v) is 3.69. The molecule has 5 heteroatoms. The van der Waals surface area contributed by atoms with Gasteiger partial charge >= 0.3 is 0 Å². The average Bonchev–Trinajstić information content (AvgIpc) is 2.62. The van der Waals surface area contributed by atoms with E-state index >= 15 is 0 Å². The number of nitrogens with zero attached hydrogens (tertiary/aromatic N) is 2. The lowest BCUT2D eigenvalue weighted by atomic mass is 10.1. The van der Waals surface area contributed by atoms with Gasteiger partial charge in [0, 0.05) is 12.1 Å². The Bertz CT molecular complexity index is 692. The first-order chi connectivity index (χ1) is 12.1. The van der Waals surface area contributed by atoms with Crippen molar-refractivity contribution in [3.63, 3.8) is 0 Å². The van der Waals surface area contributed by atoms with Crippen LogP contribution in [0.4, 0.5) is 0 Å². The fourth-order valence-corrected chi connectivity index (χ4v) is 2.12. The van der Waals surface area contributed by atoms with Crippen molar-refractivity contribution >= 4 is 12.1 Å². The molecule has 0 heterocycles. The molecule has 25 heavy (non-hydrogen) atoms. The van der Waals surface area contributed by atoms with Gasteiger partial charge in [-0.3, -0.25) is 4.79 Å². The molecule has 0 aliphatic heterocycles. The Morgan fingerprint density at radius 3 is 2.40 bits per heavy atom. The van der Waals surface area contributed by atoms with Crippen molar-refractivity contribution in [1.82, 2.24) is 10.3 Å². The molecule has 0 aliphatic rings. The zero-order valence-electron chi connectivity index (χ0n) is 15.0. The second-order valence-corrected chi connectivity index (χ2v) is 5.97. The SMILES string of the molecule is CCc1ccc(/C=N/NC(=O)c2ccc(OCCN(C)C)cc2)cc1. The molecule has 0 atom stereocenters. The number of hydrogen-bond donors (Lipinski definition) is 1. The number of carbonyl (C=O) groups is 1. The zero-order valence-corrected chi connectivity index (χ0v) is 15.0. The van der Waals surface area contributed by atoms with Crippen LogP contribution in [0.2, 0.25) is 0 Å². The summed E-state index contributed by atoms with van der Waals surface area (Å²) in [5, 5.41) is 4.00. The maximum atomic E-state index is 12.1. The van der Waals surface area contributed by atoms with Gasteiger partial charge in [-0.25, -0.2) is 5.43 Å². The van der Waals surface area contributed by atoms with Crippen LogP contribution in [0.1, 0.15) is 28.4 Å². The highest BCUT2D eigenvalue weighted by molar-refractivity contribution is 5.94. The fraction of sp³-hybridized carbons (Fsp3) is 0.300. The summed E-state index contributed by atoms with van der Waals surface area (Å²) < 4.78 is 5.61. The summed E-state index contributed by atoms with van der Waals surface area (Å²) >= 11 is 0. The van der Waals surface area contributed by atoms with E-state index in [1.807, 2.05) is 26.2 Å². The molecule has 2 aromatic carbocycles. The Morgan fingerprint density at radius 1 is 1.12 bits per heavy atom. The predicted octanol–water partition coefficient (Wildman–Crippen LogP) is 2.95. The Kier molecular flexibility index (Phi) is 7.16. The van der Waals surface area contributed by atoms with E-state index in [1.54, 1.807) is 30.5 Å². The van der Waals surface area contributed by atoms with Crippen molar-refractivity contribution in [3.05, 3.63) is 65.2 Å². The third-order valence-electron chi connectivity index (χ3n) is 3.69. The van der Waals surface area contributed by atoms with Gasteiger partial charge in [0.15, 0.2) is 0 Å². The minimum Gasteiger partial charge on any atom is -0.492 e. The summed E-state index contributed by atoms with van der Waals surface area (Å²) in [6, 6.07) is 15.1. The van der Waals surface area contributed by atoms with E-state index in [0.29, 0.717) is 12.2 Å². The molecule has 0 radical (unpaired) electrons. The van der Waals surface area contributed by atoms with E-state index in [2.05, 4.69) is 34.5 Å². The minimum atomic E-state index is -0.249. The summed E-state index contributed by atoms with van der Waals surface area (Å²) in [5.74, 6) is 0.499. The monoisotopic (exact) mass is 339 g/mol. The summed E-state index contributed by atoms with van der Waals surface area (Å²) in [4.78, 5) is 14.1. The van der Waals surface area contributed by atoms with Gasteiger partial charge in [0.05, 0.1) is 6.21 Å². The van der Waals surface area contributed by atoms with Crippen molar-refractivity contribution < 1.29 is 9.53 Å². The lowest BCUT2D eigenvalue weighted by Crippen LogP contribution is -2.19. The van der Waals surface area contributed by atoms with Crippen LogP contribution in [0, 0.1) is 0 Å². The Labute approximate surface area is 149 Å². The summed E-state index contributed by atoms with van der Waals surface area (Å²) in [5.41, 5.74) is 5.30. The smallest absolute Gasteiger partial charge is 0.271 e. The Hall–Kier alpha value is -2.66. The molecular formula is C20H25N3O2. The highest BCUT2D eigenvalue weighted by Crippen LogP contribution is 2.12. The Balaban J connectivity index is 1.84.